The topological polar surface area (TPSA) is 128 Å². The molecule has 3 unspecified atom stereocenters. The maximum Gasteiger partial charge on any atom is 0.253 e. The van der Waals surface area contributed by atoms with Crippen molar-refractivity contribution in [2.75, 3.05) is 39.8 Å². The molecule has 2 saturated heterocycles. The zero-order valence-corrected chi connectivity index (χ0v) is 29.7. The molecule has 3 N–H and O–H groups in total. The summed E-state index contributed by atoms with van der Waals surface area (Å²) in [5.74, 6) is -1.57. The number of carbonyl (C=O) groups is 4. The number of aryl methyl sites for hydroxylation is 1. The minimum Gasteiger partial charge on any atom is -0.361 e. The van der Waals surface area contributed by atoms with Crippen LogP contribution in [0.15, 0.2) is 91.4 Å². The van der Waals surface area contributed by atoms with Gasteiger partial charge in [0.05, 0.1) is 18.9 Å². The summed E-state index contributed by atoms with van der Waals surface area (Å²) in [4.78, 5) is 63.3. The molecular formula is C40H43ClN6O4. The number of aromatic amines is 1. The standard InChI is InChI=1S/C31H31ClN6O4.C9H12/c1-33-28(39)13-36-30(41)26-17-37(29(40)9-21-12-35-27-10-23(32)4-5-24(21)27)14-22-15-38(16-25(22)26)31(42)19-2-3-20-11-34-7-6-18(20)8-19;1-2-6-9-7-4-3-5-8-9/h2-8,10-12,22,25-26,35H,9,13-17H2,1H3,(H,33,39)(H,36,41);3-5,7-8H,2,6H2,1H3. The molecule has 0 radical (unpaired) electrons. The van der Waals surface area contributed by atoms with E-state index in [0.717, 1.165) is 27.2 Å². The molecule has 0 saturated carbocycles. The maximum absolute atomic E-state index is 13.6. The summed E-state index contributed by atoms with van der Waals surface area (Å²) in [5, 5.41) is 8.64. The average Bonchev–Trinajstić information content (AvgIpc) is 3.77. The van der Waals surface area contributed by atoms with Crippen molar-refractivity contribution in [2.45, 2.75) is 26.2 Å². The van der Waals surface area contributed by atoms with Crippen molar-refractivity contribution in [3.8, 4) is 0 Å². The number of nitrogens with one attached hydrogen (secondary N) is 3. The summed E-state index contributed by atoms with van der Waals surface area (Å²) in [6.07, 6.45) is 7.88. The van der Waals surface area contributed by atoms with E-state index in [9.17, 15) is 19.2 Å². The molecule has 0 spiro atoms. The number of hydrogen-bond donors (Lipinski definition) is 3. The SMILES string of the molecule is CCCc1ccccc1.CNC(=O)CNC(=O)C1CN(C(=O)Cc2c[nH]c3cc(Cl)ccc23)CC2CN(C(=O)c3ccc4cnccc4c3)CC21. The minimum absolute atomic E-state index is 0.0752. The highest BCUT2D eigenvalue weighted by molar-refractivity contribution is 6.31. The van der Waals surface area contributed by atoms with Crippen LogP contribution in [0.3, 0.4) is 0 Å². The molecule has 0 aliphatic carbocycles. The first-order chi connectivity index (χ1) is 24.7. The van der Waals surface area contributed by atoms with Gasteiger partial charge in [-0.1, -0.05) is 67.4 Å². The van der Waals surface area contributed by atoms with Crippen LogP contribution in [-0.4, -0.2) is 83.2 Å². The second kappa shape index (κ2) is 16.2. The van der Waals surface area contributed by atoms with Crippen molar-refractivity contribution in [1.82, 2.24) is 30.4 Å². The molecule has 2 aromatic heterocycles. The first kappa shape index (κ1) is 35.6. The second-order valence-corrected chi connectivity index (χ2v) is 13.7. The minimum atomic E-state index is -0.556. The predicted molar refractivity (Wildman–Crippen MR) is 199 cm³/mol. The third-order valence-electron chi connectivity index (χ3n) is 9.90. The summed E-state index contributed by atoms with van der Waals surface area (Å²) in [5.41, 5.74) is 3.72. The van der Waals surface area contributed by atoms with Crippen molar-refractivity contribution in [3.05, 3.63) is 113 Å². The molecule has 2 fully saturated rings. The molecule has 51 heavy (non-hydrogen) atoms. The molecule has 5 aromatic rings. The Kier molecular flexibility index (Phi) is 11.3. The van der Waals surface area contributed by atoms with E-state index in [1.807, 2.05) is 36.5 Å². The number of hydrogen-bond acceptors (Lipinski definition) is 5. The van der Waals surface area contributed by atoms with Crippen molar-refractivity contribution >= 4 is 56.9 Å². The van der Waals surface area contributed by atoms with E-state index in [2.05, 4.69) is 57.9 Å². The third-order valence-corrected chi connectivity index (χ3v) is 10.1. The number of likely N-dealkylation sites (N-methyl/N-ethyl adjacent to an activating group) is 1. The van der Waals surface area contributed by atoms with Crippen LogP contribution in [0.4, 0.5) is 0 Å². The van der Waals surface area contributed by atoms with Crippen LogP contribution in [0.5, 0.6) is 0 Å². The zero-order chi connectivity index (χ0) is 35.9. The smallest absolute Gasteiger partial charge is 0.253 e. The van der Waals surface area contributed by atoms with Gasteiger partial charge >= 0.3 is 0 Å². The van der Waals surface area contributed by atoms with E-state index >= 15 is 0 Å². The molecule has 11 heteroatoms. The quantitative estimate of drug-likeness (QED) is 0.203. The number of pyridine rings is 1. The van der Waals surface area contributed by atoms with Crippen LogP contribution < -0.4 is 10.6 Å². The highest BCUT2D eigenvalue weighted by Gasteiger charge is 2.47. The van der Waals surface area contributed by atoms with Gasteiger partial charge in [0, 0.05) is 78.7 Å². The monoisotopic (exact) mass is 706 g/mol. The number of amides is 4. The Morgan fingerprint density at radius 3 is 2.51 bits per heavy atom. The fourth-order valence-corrected chi connectivity index (χ4v) is 7.39. The number of halogens is 1. The summed E-state index contributed by atoms with van der Waals surface area (Å²) in [6.45, 7) is 3.56. The predicted octanol–water partition coefficient (Wildman–Crippen LogP) is 5.26. The number of likely N-dealkylation sites (tertiary alicyclic amines) is 2. The zero-order valence-electron chi connectivity index (χ0n) is 28.9. The molecule has 7 rings (SSSR count). The lowest BCUT2D eigenvalue weighted by Gasteiger charge is -2.39. The Morgan fingerprint density at radius 2 is 1.73 bits per heavy atom. The number of H-pyrrole nitrogens is 1. The fraction of sp³-hybridized carbons (Fsp3) is 0.325. The van der Waals surface area contributed by atoms with E-state index in [4.69, 9.17) is 11.6 Å². The van der Waals surface area contributed by atoms with Gasteiger partial charge in [-0.15, -0.1) is 0 Å². The molecule has 2 aliphatic heterocycles. The van der Waals surface area contributed by atoms with Crippen LogP contribution in [0.25, 0.3) is 21.7 Å². The van der Waals surface area contributed by atoms with Crippen LogP contribution >= 0.6 is 11.6 Å². The van der Waals surface area contributed by atoms with Crippen LogP contribution in [0.2, 0.25) is 5.02 Å². The fourth-order valence-electron chi connectivity index (χ4n) is 7.22. The Bertz CT molecular complexity index is 2030. The number of rotatable bonds is 8. The van der Waals surface area contributed by atoms with Crippen LogP contribution in [-0.2, 0) is 27.2 Å². The summed E-state index contributed by atoms with van der Waals surface area (Å²) >= 11 is 6.12. The van der Waals surface area contributed by atoms with Gasteiger partial charge in [-0.05, 0) is 65.1 Å². The van der Waals surface area contributed by atoms with E-state index in [0.29, 0.717) is 30.2 Å². The van der Waals surface area contributed by atoms with Crippen molar-refractivity contribution in [1.29, 1.82) is 0 Å². The van der Waals surface area contributed by atoms with Crippen molar-refractivity contribution in [3.63, 3.8) is 0 Å². The van der Waals surface area contributed by atoms with Gasteiger partial charge in [-0.25, -0.2) is 0 Å². The Labute approximate surface area is 302 Å². The van der Waals surface area contributed by atoms with E-state index in [1.54, 1.807) is 34.3 Å². The molecule has 4 heterocycles. The van der Waals surface area contributed by atoms with Gasteiger partial charge in [0.1, 0.15) is 0 Å². The highest BCUT2D eigenvalue weighted by atomic mass is 35.5. The van der Waals surface area contributed by atoms with Crippen LogP contribution in [0, 0.1) is 17.8 Å². The summed E-state index contributed by atoms with van der Waals surface area (Å²) < 4.78 is 0. The molecule has 3 aromatic carbocycles. The molecule has 10 nitrogen and oxygen atoms in total. The first-order valence-electron chi connectivity index (χ1n) is 17.4. The molecule has 4 amide bonds. The lowest BCUT2D eigenvalue weighted by Crippen LogP contribution is -2.54. The van der Waals surface area contributed by atoms with Gasteiger partial charge < -0.3 is 25.4 Å². The number of carbonyl (C=O) groups excluding carboxylic acids is 4. The van der Waals surface area contributed by atoms with Gasteiger partial charge in [0.25, 0.3) is 5.91 Å². The van der Waals surface area contributed by atoms with Gasteiger partial charge in [0.15, 0.2) is 0 Å². The highest BCUT2D eigenvalue weighted by Crippen LogP contribution is 2.37. The van der Waals surface area contributed by atoms with Gasteiger partial charge in [0.2, 0.25) is 17.7 Å². The van der Waals surface area contributed by atoms with Crippen molar-refractivity contribution in [2.24, 2.45) is 17.8 Å². The number of nitrogens with zero attached hydrogens (tertiary/aromatic N) is 3. The van der Waals surface area contributed by atoms with Gasteiger partial charge in [-0.3, -0.25) is 24.2 Å². The first-order valence-corrected chi connectivity index (χ1v) is 17.8. The maximum atomic E-state index is 13.6. The Hall–Kier alpha value is -5.22. The lowest BCUT2D eigenvalue weighted by molar-refractivity contribution is -0.139. The molecule has 264 valence electrons. The lowest BCUT2D eigenvalue weighted by atomic mass is 9.79. The molecule has 0 bridgehead atoms. The summed E-state index contributed by atoms with van der Waals surface area (Å²) in [7, 11) is 1.51. The number of benzene rings is 3. The number of fused-ring (bicyclic) bond motifs is 3. The van der Waals surface area contributed by atoms with Crippen molar-refractivity contribution < 1.29 is 19.2 Å². The normalized spacial score (nSPS) is 18.1. The van der Waals surface area contributed by atoms with Crippen LogP contribution in [0.1, 0.15) is 34.8 Å². The molecular weight excluding hydrogens is 664 g/mol. The Morgan fingerprint density at radius 1 is 0.922 bits per heavy atom. The third kappa shape index (κ3) is 8.40. The van der Waals surface area contributed by atoms with E-state index in [1.165, 1.54) is 25.5 Å². The second-order valence-electron chi connectivity index (χ2n) is 13.3. The summed E-state index contributed by atoms with van der Waals surface area (Å²) in [6, 6.07) is 23.5. The van der Waals surface area contributed by atoms with Gasteiger partial charge in [-0.2, -0.15) is 0 Å². The average molecular weight is 707 g/mol. The largest absolute Gasteiger partial charge is 0.361 e. The van der Waals surface area contributed by atoms with E-state index < -0.39 is 5.92 Å². The molecule has 2 aliphatic rings. The van der Waals surface area contributed by atoms with E-state index in [-0.39, 0.29) is 55.0 Å². The molecule has 3 atom stereocenters. The number of piperidine rings is 1. The Balaban J connectivity index is 0.000000435. The number of aromatic nitrogens is 2.